The van der Waals surface area contributed by atoms with Gasteiger partial charge in [-0.2, -0.15) is 0 Å². The molecule has 0 radical (unpaired) electrons. The second kappa shape index (κ2) is 16.0. The fourth-order valence-corrected chi connectivity index (χ4v) is 9.80. The van der Waals surface area contributed by atoms with E-state index in [1.807, 2.05) is 91.0 Å². The van der Waals surface area contributed by atoms with E-state index in [0.29, 0.717) is 17.5 Å². The van der Waals surface area contributed by atoms with Crippen molar-refractivity contribution >= 4 is 65.7 Å². The molecule has 0 aliphatic heterocycles. The Labute approximate surface area is 401 Å². The fourth-order valence-electron chi connectivity index (χ4n) is 9.80. The van der Waals surface area contributed by atoms with Crippen LogP contribution < -0.4 is 0 Å². The van der Waals surface area contributed by atoms with Gasteiger partial charge in [0, 0.05) is 65.7 Å². The van der Waals surface area contributed by atoms with Gasteiger partial charge in [-0.15, -0.1) is 0 Å². The molecule has 0 N–H and O–H groups in total. The summed E-state index contributed by atoms with van der Waals surface area (Å²) in [4.78, 5) is 25.8. The van der Waals surface area contributed by atoms with Crippen LogP contribution in [-0.4, -0.2) is 24.9 Å². The number of rotatable bonds is 7. The molecule has 14 aromatic rings. The molecule has 0 aliphatic carbocycles. The standard InChI is InChI=1S/C63H37N5O2/c1-3-12-39(13-4-1)53-31-28-40-24-25-41-29-32-54(65-59(41)58(40)64-53)47-35-45(34-46(36-47)48-18-11-19-51-49-16-7-10-21-56(49)70-60(48)51)38-22-26-43(27-23-38)62-66-61(42-14-5-2-6-15-42)67-63(68-62)44-30-33-57-52(37-44)50-17-8-9-20-55(50)69-57/h1-37H. The maximum Gasteiger partial charge on any atom is 0.164 e. The molecule has 0 saturated heterocycles. The largest absolute Gasteiger partial charge is 0.456 e. The van der Waals surface area contributed by atoms with Gasteiger partial charge in [0.2, 0.25) is 0 Å². The molecule has 0 atom stereocenters. The normalized spacial score (nSPS) is 11.7. The first-order chi connectivity index (χ1) is 34.6. The molecule has 5 heterocycles. The van der Waals surface area contributed by atoms with Gasteiger partial charge in [0.1, 0.15) is 22.3 Å². The van der Waals surface area contributed by atoms with Gasteiger partial charge in [-0.3, -0.25) is 0 Å². The zero-order chi connectivity index (χ0) is 46.1. The Bertz CT molecular complexity index is 4350. The zero-order valence-electron chi connectivity index (χ0n) is 37.4. The van der Waals surface area contributed by atoms with E-state index in [4.69, 9.17) is 33.8 Å². The molecule has 0 unspecified atom stereocenters. The lowest BCUT2D eigenvalue weighted by atomic mass is 9.93. The first-order valence-electron chi connectivity index (χ1n) is 23.3. The first kappa shape index (κ1) is 39.6. The third kappa shape index (κ3) is 6.79. The summed E-state index contributed by atoms with van der Waals surface area (Å²) in [7, 11) is 0. The number of pyridine rings is 2. The van der Waals surface area contributed by atoms with Gasteiger partial charge in [0.25, 0.3) is 0 Å². The molecule has 0 saturated carbocycles. The average molecular weight is 896 g/mol. The van der Waals surface area contributed by atoms with Crippen molar-refractivity contribution in [3.8, 4) is 78.9 Å². The van der Waals surface area contributed by atoms with E-state index in [-0.39, 0.29) is 0 Å². The minimum Gasteiger partial charge on any atom is -0.456 e. The van der Waals surface area contributed by atoms with E-state index in [9.17, 15) is 0 Å². The van der Waals surface area contributed by atoms with Crippen molar-refractivity contribution in [1.29, 1.82) is 0 Å². The molecule has 0 amide bonds. The highest BCUT2D eigenvalue weighted by molar-refractivity contribution is 6.10. The molecule has 0 fully saturated rings. The third-order valence-corrected chi connectivity index (χ3v) is 13.3. The molecule has 14 rings (SSSR count). The molecule has 5 aromatic heterocycles. The van der Waals surface area contributed by atoms with Gasteiger partial charge in [0.15, 0.2) is 17.5 Å². The number of benzene rings is 9. The first-order valence-corrected chi connectivity index (χ1v) is 23.3. The highest BCUT2D eigenvalue weighted by atomic mass is 16.3. The van der Waals surface area contributed by atoms with Crippen LogP contribution in [0.1, 0.15) is 0 Å². The van der Waals surface area contributed by atoms with Crippen molar-refractivity contribution < 1.29 is 8.83 Å². The third-order valence-electron chi connectivity index (χ3n) is 13.3. The van der Waals surface area contributed by atoms with E-state index in [2.05, 4.69) is 133 Å². The SMILES string of the molecule is c1ccc(-c2ccc3ccc4ccc(-c5cc(-c6ccc(-c7nc(-c8ccccc8)nc(-c8ccc9oc%10ccccc%10c9c8)n7)cc6)cc(-c6cccc7c6oc6ccccc67)c5)nc4c3n2)cc1. The Morgan fingerprint density at radius 2 is 0.743 bits per heavy atom. The van der Waals surface area contributed by atoms with Crippen molar-refractivity contribution in [3.05, 3.63) is 224 Å². The topological polar surface area (TPSA) is 90.7 Å². The van der Waals surface area contributed by atoms with Crippen LogP contribution in [0.5, 0.6) is 0 Å². The number of aromatic nitrogens is 5. The van der Waals surface area contributed by atoms with Crippen LogP contribution in [0.3, 0.4) is 0 Å². The van der Waals surface area contributed by atoms with Gasteiger partial charge in [-0.1, -0.05) is 164 Å². The Balaban J connectivity index is 0.911. The van der Waals surface area contributed by atoms with E-state index < -0.39 is 0 Å². The van der Waals surface area contributed by atoms with Gasteiger partial charge in [0.05, 0.1) is 22.4 Å². The Kier molecular flexibility index (Phi) is 9.07. The Morgan fingerprint density at radius 1 is 0.257 bits per heavy atom. The Hall–Kier alpha value is -9.59. The average Bonchev–Trinajstić information content (AvgIpc) is 4.01. The Morgan fingerprint density at radius 3 is 1.44 bits per heavy atom. The van der Waals surface area contributed by atoms with Crippen LogP contribution in [0.4, 0.5) is 0 Å². The van der Waals surface area contributed by atoms with Crippen LogP contribution in [0, 0.1) is 0 Å². The molecule has 7 heteroatoms. The van der Waals surface area contributed by atoms with Crippen LogP contribution >= 0.6 is 0 Å². The second-order valence-electron chi connectivity index (χ2n) is 17.6. The second-order valence-corrected chi connectivity index (χ2v) is 17.6. The highest BCUT2D eigenvalue weighted by Gasteiger charge is 2.18. The summed E-state index contributed by atoms with van der Waals surface area (Å²) in [5.41, 5.74) is 15.6. The lowest BCUT2D eigenvalue weighted by Gasteiger charge is -2.13. The minimum absolute atomic E-state index is 0.579. The summed E-state index contributed by atoms with van der Waals surface area (Å²) in [5, 5.41) is 6.29. The minimum atomic E-state index is 0.579. The number of hydrogen-bond acceptors (Lipinski definition) is 7. The van der Waals surface area contributed by atoms with Gasteiger partial charge >= 0.3 is 0 Å². The number of hydrogen-bond donors (Lipinski definition) is 0. The monoisotopic (exact) mass is 895 g/mol. The summed E-state index contributed by atoms with van der Waals surface area (Å²) < 4.78 is 12.8. The number of furan rings is 2. The maximum atomic E-state index is 6.62. The van der Waals surface area contributed by atoms with Crippen LogP contribution in [0.2, 0.25) is 0 Å². The summed E-state index contributed by atoms with van der Waals surface area (Å²) in [5.74, 6) is 1.76. The maximum absolute atomic E-state index is 6.62. The number of nitrogens with zero attached hydrogens (tertiary/aromatic N) is 5. The van der Waals surface area contributed by atoms with Crippen LogP contribution in [-0.2, 0) is 0 Å². The van der Waals surface area contributed by atoms with E-state index in [1.165, 1.54) is 0 Å². The molecule has 70 heavy (non-hydrogen) atoms. The quantitative estimate of drug-likeness (QED) is 0.147. The summed E-state index contributed by atoms with van der Waals surface area (Å²) in [6.45, 7) is 0. The van der Waals surface area contributed by atoms with Crippen molar-refractivity contribution in [2.75, 3.05) is 0 Å². The van der Waals surface area contributed by atoms with Crippen molar-refractivity contribution in [2.45, 2.75) is 0 Å². The molecule has 0 bridgehead atoms. The lowest BCUT2D eigenvalue weighted by molar-refractivity contribution is 0.669. The summed E-state index contributed by atoms with van der Waals surface area (Å²) in [6.07, 6.45) is 0. The van der Waals surface area contributed by atoms with E-state index in [0.717, 1.165) is 127 Å². The van der Waals surface area contributed by atoms with Gasteiger partial charge in [-0.05, 0) is 77.4 Å². The van der Waals surface area contributed by atoms with Gasteiger partial charge in [-0.25, -0.2) is 24.9 Å². The number of para-hydroxylation sites is 3. The molecule has 326 valence electrons. The predicted octanol–water partition coefficient (Wildman–Crippen LogP) is 16.4. The van der Waals surface area contributed by atoms with E-state index >= 15 is 0 Å². The summed E-state index contributed by atoms with van der Waals surface area (Å²) in [6, 6.07) is 77.1. The predicted molar refractivity (Wildman–Crippen MR) is 283 cm³/mol. The van der Waals surface area contributed by atoms with Crippen molar-refractivity contribution in [1.82, 2.24) is 24.9 Å². The van der Waals surface area contributed by atoms with Gasteiger partial charge < -0.3 is 8.83 Å². The van der Waals surface area contributed by atoms with Crippen LogP contribution in [0.25, 0.3) is 145 Å². The van der Waals surface area contributed by atoms with E-state index in [1.54, 1.807) is 0 Å². The zero-order valence-corrected chi connectivity index (χ0v) is 37.4. The van der Waals surface area contributed by atoms with Crippen molar-refractivity contribution in [3.63, 3.8) is 0 Å². The smallest absolute Gasteiger partial charge is 0.164 e. The summed E-state index contributed by atoms with van der Waals surface area (Å²) >= 11 is 0. The van der Waals surface area contributed by atoms with Crippen molar-refractivity contribution in [2.24, 2.45) is 0 Å². The highest BCUT2D eigenvalue weighted by Crippen LogP contribution is 2.40. The van der Waals surface area contributed by atoms with Crippen LogP contribution in [0.15, 0.2) is 233 Å². The number of fused-ring (bicyclic) bond motifs is 9. The molecular formula is C63H37N5O2. The molecule has 7 nitrogen and oxygen atoms in total. The lowest BCUT2D eigenvalue weighted by Crippen LogP contribution is -2.00. The molecular weight excluding hydrogens is 859 g/mol. The molecule has 9 aromatic carbocycles. The fraction of sp³-hybridized carbons (Fsp3) is 0. The molecule has 0 spiro atoms. The molecule has 0 aliphatic rings.